The first-order valence-corrected chi connectivity index (χ1v) is 7.55. The number of nitrogens with zero attached hydrogens (tertiary/aromatic N) is 1. The van der Waals surface area contributed by atoms with Crippen LogP contribution in [0.3, 0.4) is 0 Å². The predicted molar refractivity (Wildman–Crippen MR) is 83.3 cm³/mol. The molecule has 3 rings (SSSR count). The molecule has 0 fully saturated rings. The van der Waals surface area contributed by atoms with E-state index < -0.39 is 24.6 Å². The highest BCUT2D eigenvalue weighted by Crippen LogP contribution is 2.40. The van der Waals surface area contributed by atoms with Crippen LogP contribution in [-0.4, -0.2) is 24.6 Å². The van der Waals surface area contributed by atoms with Gasteiger partial charge in [0.05, 0.1) is 11.1 Å². The number of hydrogen-bond acceptors (Lipinski definition) is 3. The number of amides is 2. The Morgan fingerprint density at radius 3 is 2.08 bits per heavy atom. The summed E-state index contributed by atoms with van der Waals surface area (Å²) in [6.07, 6.45) is -4.54. The van der Waals surface area contributed by atoms with Gasteiger partial charge in [0, 0.05) is 4.47 Å². The van der Waals surface area contributed by atoms with Gasteiger partial charge in [-0.3, -0.25) is 9.59 Å². The summed E-state index contributed by atoms with van der Waals surface area (Å²) in [6, 6.07) is 10.4. The van der Waals surface area contributed by atoms with Crippen molar-refractivity contribution < 1.29 is 27.5 Å². The first-order valence-electron chi connectivity index (χ1n) is 6.75. The molecule has 0 radical (unpaired) electrons. The third kappa shape index (κ3) is 2.89. The number of anilines is 1. The van der Waals surface area contributed by atoms with Crippen molar-refractivity contribution in [3.05, 3.63) is 58.1 Å². The standard InChI is InChI=1S/C16H9BrF3NO3/c17-11-6-3-7-12(24-8-16(18,19)20)13(11)21-14(22)9-4-1-2-5-10(9)15(21)23/h1-7H,8H2. The lowest BCUT2D eigenvalue weighted by atomic mass is 10.1. The predicted octanol–water partition coefficient (Wildman–Crippen LogP) is 4.19. The molecular weight excluding hydrogens is 391 g/mol. The Bertz CT molecular complexity index is 801. The Labute approximate surface area is 143 Å². The number of hydrogen-bond donors (Lipinski definition) is 0. The maximum Gasteiger partial charge on any atom is 0.422 e. The Morgan fingerprint density at radius 2 is 1.54 bits per heavy atom. The molecule has 0 unspecified atom stereocenters. The summed E-state index contributed by atoms with van der Waals surface area (Å²) in [5, 5.41) is 0. The number of para-hydroxylation sites is 1. The van der Waals surface area contributed by atoms with Crippen molar-refractivity contribution in [3.8, 4) is 5.75 Å². The SMILES string of the molecule is O=C1c2ccccc2C(=O)N1c1c(Br)cccc1OCC(F)(F)F. The number of halogens is 4. The lowest BCUT2D eigenvalue weighted by Crippen LogP contribution is -2.30. The topological polar surface area (TPSA) is 46.6 Å². The molecule has 2 amide bonds. The van der Waals surface area contributed by atoms with E-state index in [1.807, 2.05) is 0 Å². The maximum absolute atomic E-state index is 12.5. The van der Waals surface area contributed by atoms with Crippen LogP contribution in [0.5, 0.6) is 5.75 Å². The van der Waals surface area contributed by atoms with E-state index in [2.05, 4.69) is 15.9 Å². The Morgan fingerprint density at radius 1 is 0.958 bits per heavy atom. The molecule has 1 aliphatic heterocycles. The van der Waals surface area contributed by atoms with Gasteiger partial charge in [-0.05, 0) is 40.2 Å². The summed E-state index contributed by atoms with van der Waals surface area (Å²) in [6.45, 7) is -1.53. The first kappa shape index (κ1) is 16.5. The number of rotatable bonds is 3. The molecule has 2 aromatic rings. The molecule has 0 saturated carbocycles. The van der Waals surface area contributed by atoms with Gasteiger partial charge >= 0.3 is 6.18 Å². The van der Waals surface area contributed by atoms with Gasteiger partial charge in [-0.15, -0.1) is 0 Å². The van der Waals surface area contributed by atoms with Crippen molar-refractivity contribution in [3.63, 3.8) is 0 Å². The van der Waals surface area contributed by atoms with Crippen molar-refractivity contribution in [1.29, 1.82) is 0 Å². The lowest BCUT2D eigenvalue weighted by Gasteiger charge is -2.20. The zero-order valence-corrected chi connectivity index (χ0v) is 13.5. The van der Waals surface area contributed by atoms with Crippen LogP contribution in [0.1, 0.15) is 20.7 Å². The van der Waals surface area contributed by atoms with Gasteiger partial charge < -0.3 is 4.74 Å². The molecule has 8 heteroatoms. The minimum atomic E-state index is -4.54. The second-order valence-electron chi connectivity index (χ2n) is 4.98. The van der Waals surface area contributed by atoms with Gasteiger partial charge in [-0.2, -0.15) is 13.2 Å². The van der Waals surface area contributed by atoms with Crippen molar-refractivity contribution in [1.82, 2.24) is 0 Å². The van der Waals surface area contributed by atoms with Crippen LogP contribution in [0.2, 0.25) is 0 Å². The average Bonchev–Trinajstić information content (AvgIpc) is 2.77. The number of carbonyl (C=O) groups is 2. The number of imide groups is 1. The third-order valence-corrected chi connectivity index (χ3v) is 4.00. The highest BCUT2D eigenvalue weighted by molar-refractivity contribution is 9.10. The van der Waals surface area contributed by atoms with E-state index in [9.17, 15) is 22.8 Å². The van der Waals surface area contributed by atoms with Gasteiger partial charge in [-0.25, -0.2) is 4.90 Å². The van der Waals surface area contributed by atoms with Gasteiger partial charge in [0.25, 0.3) is 11.8 Å². The number of carbonyl (C=O) groups excluding carboxylic acids is 2. The van der Waals surface area contributed by atoms with Crippen molar-refractivity contribution in [2.45, 2.75) is 6.18 Å². The Hall–Kier alpha value is -2.35. The molecule has 0 saturated heterocycles. The molecule has 0 atom stereocenters. The van der Waals surface area contributed by atoms with Gasteiger partial charge in [0.2, 0.25) is 0 Å². The van der Waals surface area contributed by atoms with Gasteiger partial charge in [0.1, 0.15) is 11.4 Å². The largest absolute Gasteiger partial charge is 0.482 e. The summed E-state index contributed by atoms with van der Waals surface area (Å²) in [5.41, 5.74) is 0.341. The fraction of sp³-hybridized carbons (Fsp3) is 0.125. The molecular formula is C16H9BrF3NO3. The number of benzene rings is 2. The van der Waals surface area contributed by atoms with E-state index in [0.717, 1.165) is 4.90 Å². The van der Waals surface area contributed by atoms with Gasteiger partial charge in [0.15, 0.2) is 6.61 Å². The molecule has 0 aromatic heterocycles. The zero-order chi connectivity index (χ0) is 17.5. The van der Waals surface area contributed by atoms with Crippen molar-refractivity contribution in [2.24, 2.45) is 0 Å². The van der Waals surface area contributed by atoms with Crippen LogP contribution in [0, 0.1) is 0 Å². The second kappa shape index (κ2) is 5.94. The van der Waals surface area contributed by atoms with Crippen LogP contribution in [0.25, 0.3) is 0 Å². The molecule has 2 aromatic carbocycles. The van der Waals surface area contributed by atoms with Crippen LogP contribution in [0.4, 0.5) is 18.9 Å². The summed E-state index contributed by atoms with van der Waals surface area (Å²) >= 11 is 3.17. The average molecular weight is 400 g/mol. The van der Waals surface area contributed by atoms with Crippen molar-refractivity contribution >= 4 is 33.4 Å². The molecule has 0 N–H and O–H groups in total. The smallest absolute Gasteiger partial charge is 0.422 e. The van der Waals surface area contributed by atoms with Crippen LogP contribution >= 0.6 is 15.9 Å². The Kier molecular flexibility index (Phi) is 4.08. The second-order valence-corrected chi connectivity index (χ2v) is 5.84. The number of ether oxygens (including phenoxy) is 1. The molecule has 4 nitrogen and oxygen atoms in total. The third-order valence-electron chi connectivity index (χ3n) is 3.36. The first-order chi connectivity index (χ1) is 11.3. The normalized spacial score (nSPS) is 14.1. The molecule has 0 bridgehead atoms. The summed E-state index contributed by atoms with van der Waals surface area (Å²) < 4.78 is 42.4. The molecule has 24 heavy (non-hydrogen) atoms. The summed E-state index contributed by atoms with van der Waals surface area (Å²) in [5.74, 6) is -1.44. The zero-order valence-electron chi connectivity index (χ0n) is 11.9. The van der Waals surface area contributed by atoms with E-state index in [1.54, 1.807) is 12.1 Å². The van der Waals surface area contributed by atoms with E-state index in [0.29, 0.717) is 0 Å². The van der Waals surface area contributed by atoms with Crippen LogP contribution < -0.4 is 9.64 Å². The molecule has 124 valence electrons. The molecule has 0 aliphatic carbocycles. The summed E-state index contributed by atoms with van der Waals surface area (Å²) in [7, 11) is 0. The minimum absolute atomic E-state index is 0.0482. The van der Waals surface area contributed by atoms with Crippen LogP contribution in [0.15, 0.2) is 46.9 Å². The minimum Gasteiger partial charge on any atom is -0.482 e. The molecule has 1 aliphatic rings. The van der Waals surface area contributed by atoms with E-state index in [4.69, 9.17) is 4.74 Å². The number of alkyl halides is 3. The highest BCUT2D eigenvalue weighted by atomic mass is 79.9. The Balaban J connectivity index is 2.04. The van der Waals surface area contributed by atoms with E-state index >= 15 is 0 Å². The number of fused-ring (bicyclic) bond motifs is 1. The van der Waals surface area contributed by atoms with E-state index in [1.165, 1.54) is 30.3 Å². The molecule has 0 spiro atoms. The van der Waals surface area contributed by atoms with E-state index in [-0.39, 0.29) is 27.0 Å². The van der Waals surface area contributed by atoms with Gasteiger partial charge in [-0.1, -0.05) is 18.2 Å². The van der Waals surface area contributed by atoms with Crippen molar-refractivity contribution in [2.75, 3.05) is 11.5 Å². The fourth-order valence-corrected chi connectivity index (χ4v) is 2.91. The quantitative estimate of drug-likeness (QED) is 0.726. The summed E-state index contributed by atoms with van der Waals surface area (Å²) in [4.78, 5) is 25.9. The maximum atomic E-state index is 12.5. The van der Waals surface area contributed by atoms with Crippen LogP contribution in [-0.2, 0) is 0 Å². The fourth-order valence-electron chi connectivity index (χ4n) is 2.38. The highest BCUT2D eigenvalue weighted by Gasteiger charge is 2.39. The lowest BCUT2D eigenvalue weighted by molar-refractivity contribution is -0.153. The monoisotopic (exact) mass is 399 g/mol. The molecule has 1 heterocycles.